The SMILES string of the molecule is C[C@@H](c1ccc(S(=O)(=O)c2cccc(OCCCNC(=O)C(C)(C)N)c2)cc1)N1CCN(C2CCCCC2)CC1. The number of piperazine rings is 1. The Morgan fingerprint density at radius 1 is 1.02 bits per heavy atom. The van der Waals surface area contributed by atoms with E-state index in [1.165, 1.54) is 32.1 Å². The second-order valence-corrected chi connectivity index (χ2v) is 13.7. The highest BCUT2D eigenvalue weighted by atomic mass is 32.2. The molecular formula is C31H46N4O4S. The monoisotopic (exact) mass is 570 g/mol. The molecule has 1 atom stereocenters. The molecule has 1 aliphatic heterocycles. The standard InChI is InChI=1S/C31H46N4O4S/c1-24(34-18-20-35(21-19-34)26-9-5-4-6-10-26)25-13-15-28(16-14-25)40(37,38)29-12-7-11-27(23-29)39-22-8-17-33-30(36)31(2,3)32/h7,11-16,23-24,26H,4-6,8-10,17-22,32H2,1-3H3,(H,33,36)/t24-/m0/s1. The van der Waals surface area contributed by atoms with Crippen molar-refractivity contribution < 1.29 is 17.9 Å². The Morgan fingerprint density at radius 3 is 2.35 bits per heavy atom. The van der Waals surface area contributed by atoms with E-state index in [9.17, 15) is 13.2 Å². The Labute approximate surface area is 240 Å². The predicted octanol–water partition coefficient (Wildman–Crippen LogP) is 4.15. The summed E-state index contributed by atoms with van der Waals surface area (Å²) in [6, 6.07) is 14.9. The van der Waals surface area contributed by atoms with Crippen molar-refractivity contribution in [3.05, 3.63) is 54.1 Å². The first-order chi connectivity index (χ1) is 19.1. The summed E-state index contributed by atoms with van der Waals surface area (Å²) in [7, 11) is -3.68. The molecule has 2 fully saturated rings. The smallest absolute Gasteiger partial charge is 0.239 e. The van der Waals surface area contributed by atoms with E-state index in [1.807, 2.05) is 12.1 Å². The zero-order valence-corrected chi connectivity index (χ0v) is 25.1. The molecule has 4 rings (SSSR count). The van der Waals surface area contributed by atoms with Crippen molar-refractivity contribution in [2.45, 2.75) is 86.7 Å². The number of hydrogen-bond donors (Lipinski definition) is 2. The van der Waals surface area contributed by atoms with Crippen molar-refractivity contribution in [1.29, 1.82) is 0 Å². The van der Waals surface area contributed by atoms with Gasteiger partial charge in [-0.25, -0.2) is 8.42 Å². The Kier molecular flexibility index (Phi) is 10.3. The van der Waals surface area contributed by atoms with Gasteiger partial charge < -0.3 is 15.8 Å². The number of nitrogens with zero attached hydrogens (tertiary/aromatic N) is 2. The van der Waals surface area contributed by atoms with E-state index in [-0.39, 0.29) is 21.7 Å². The molecule has 2 aromatic carbocycles. The van der Waals surface area contributed by atoms with E-state index in [2.05, 4.69) is 22.0 Å². The molecule has 0 spiro atoms. The van der Waals surface area contributed by atoms with Crippen molar-refractivity contribution in [3.8, 4) is 5.75 Å². The van der Waals surface area contributed by atoms with Crippen LogP contribution < -0.4 is 15.8 Å². The molecule has 3 N–H and O–H groups in total. The van der Waals surface area contributed by atoms with Crippen LogP contribution in [-0.4, -0.2) is 75.0 Å². The lowest BCUT2D eigenvalue weighted by Crippen LogP contribution is -2.51. The third kappa shape index (κ3) is 7.84. The van der Waals surface area contributed by atoms with Crippen molar-refractivity contribution >= 4 is 15.7 Å². The molecule has 1 saturated heterocycles. The molecule has 220 valence electrons. The Morgan fingerprint density at radius 2 is 1.70 bits per heavy atom. The molecular weight excluding hydrogens is 524 g/mol. The minimum atomic E-state index is -3.68. The van der Waals surface area contributed by atoms with E-state index in [0.29, 0.717) is 25.3 Å². The van der Waals surface area contributed by atoms with E-state index in [1.54, 1.807) is 50.2 Å². The predicted molar refractivity (Wildman–Crippen MR) is 158 cm³/mol. The minimum Gasteiger partial charge on any atom is -0.493 e. The fourth-order valence-corrected chi connectivity index (χ4v) is 6.93. The zero-order valence-electron chi connectivity index (χ0n) is 24.3. The molecule has 8 nitrogen and oxygen atoms in total. The van der Waals surface area contributed by atoms with Gasteiger partial charge in [-0.3, -0.25) is 14.6 Å². The first-order valence-corrected chi connectivity index (χ1v) is 16.2. The van der Waals surface area contributed by atoms with Crippen LogP contribution in [-0.2, 0) is 14.6 Å². The molecule has 1 saturated carbocycles. The molecule has 0 bridgehead atoms. The third-order valence-electron chi connectivity index (χ3n) is 8.24. The first-order valence-electron chi connectivity index (χ1n) is 14.7. The number of ether oxygens (including phenoxy) is 1. The summed E-state index contributed by atoms with van der Waals surface area (Å²) >= 11 is 0. The van der Waals surface area contributed by atoms with Gasteiger partial charge in [-0.15, -0.1) is 0 Å². The molecule has 1 heterocycles. The van der Waals surface area contributed by atoms with Gasteiger partial charge in [0.2, 0.25) is 15.7 Å². The van der Waals surface area contributed by atoms with E-state index in [0.717, 1.165) is 37.8 Å². The maximum Gasteiger partial charge on any atom is 0.239 e. The molecule has 40 heavy (non-hydrogen) atoms. The summed E-state index contributed by atoms with van der Waals surface area (Å²) in [4.78, 5) is 17.5. The largest absolute Gasteiger partial charge is 0.493 e. The molecule has 2 aliphatic rings. The van der Waals surface area contributed by atoms with Crippen molar-refractivity contribution in [2.24, 2.45) is 5.73 Å². The average molecular weight is 571 g/mol. The van der Waals surface area contributed by atoms with Gasteiger partial charge >= 0.3 is 0 Å². The van der Waals surface area contributed by atoms with Crippen LogP contribution in [0.15, 0.2) is 58.3 Å². The van der Waals surface area contributed by atoms with E-state index < -0.39 is 15.4 Å². The first kappa shape index (κ1) is 30.5. The summed E-state index contributed by atoms with van der Waals surface area (Å²) in [5, 5.41) is 2.77. The highest BCUT2D eigenvalue weighted by molar-refractivity contribution is 7.91. The zero-order chi connectivity index (χ0) is 28.8. The molecule has 1 aliphatic carbocycles. The van der Waals surface area contributed by atoms with Gasteiger partial charge in [-0.2, -0.15) is 0 Å². The van der Waals surface area contributed by atoms with Crippen molar-refractivity contribution in [1.82, 2.24) is 15.1 Å². The fraction of sp³-hybridized carbons (Fsp3) is 0.581. The lowest BCUT2D eigenvalue weighted by molar-refractivity contribution is -0.125. The number of rotatable bonds is 11. The maximum absolute atomic E-state index is 13.4. The highest BCUT2D eigenvalue weighted by Gasteiger charge is 2.28. The van der Waals surface area contributed by atoms with Gasteiger partial charge in [0.15, 0.2) is 0 Å². The normalized spacial score (nSPS) is 18.8. The van der Waals surface area contributed by atoms with Crippen LogP contribution in [0.1, 0.15) is 70.9 Å². The number of nitrogens with two attached hydrogens (primary N) is 1. The van der Waals surface area contributed by atoms with Crippen LogP contribution in [0.3, 0.4) is 0 Å². The van der Waals surface area contributed by atoms with Crippen LogP contribution in [0.4, 0.5) is 0 Å². The molecule has 0 radical (unpaired) electrons. The van der Waals surface area contributed by atoms with Crippen molar-refractivity contribution in [3.63, 3.8) is 0 Å². The summed E-state index contributed by atoms with van der Waals surface area (Å²) < 4.78 is 32.5. The van der Waals surface area contributed by atoms with Crippen LogP contribution in [0, 0.1) is 0 Å². The van der Waals surface area contributed by atoms with Gasteiger partial charge in [-0.05, 0) is 75.9 Å². The quantitative estimate of drug-likeness (QED) is 0.391. The van der Waals surface area contributed by atoms with Gasteiger partial charge in [0.05, 0.1) is 21.9 Å². The lowest BCUT2D eigenvalue weighted by Gasteiger charge is -2.42. The molecule has 0 unspecified atom stereocenters. The summed E-state index contributed by atoms with van der Waals surface area (Å²) in [6.07, 6.45) is 7.37. The van der Waals surface area contributed by atoms with Gasteiger partial charge in [0.25, 0.3) is 0 Å². The molecule has 9 heteroatoms. The van der Waals surface area contributed by atoms with E-state index in [4.69, 9.17) is 10.5 Å². The number of carbonyl (C=O) groups excluding carboxylic acids is 1. The van der Waals surface area contributed by atoms with Crippen LogP contribution in [0.2, 0.25) is 0 Å². The minimum absolute atomic E-state index is 0.197. The number of hydrogen-bond acceptors (Lipinski definition) is 7. The number of benzene rings is 2. The maximum atomic E-state index is 13.4. The van der Waals surface area contributed by atoms with Gasteiger partial charge in [0.1, 0.15) is 5.75 Å². The number of sulfone groups is 1. The number of carbonyl (C=O) groups is 1. The van der Waals surface area contributed by atoms with Gasteiger partial charge in [0, 0.05) is 44.8 Å². The van der Waals surface area contributed by atoms with Crippen LogP contribution in [0.25, 0.3) is 0 Å². The van der Waals surface area contributed by atoms with Crippen LogP contribution >= 0.6 is 0 Å². The third-order valence-corrected chi connectivity index (χ3v) is 10.0. The Hall–Kier alpha value is -2.46. The molecule has 0 aromatic heterocycles. The molecule has 2 aromatic rings. The average Bonchev–Trinajstić information content (AvgIpc) is 2.97. The van der Waals surface area contributed by atoms with Crippen molar-refractivity contribution in [2.75, 3.05) is 39.3 Å². The highest BCUT2D eigenvalue weighted by Crippen LogP contribution is 2.29. The topological polar surface area (TPSA) is 105 Å². The Bertz CT molecular complexity index is 1210. The Balaban J connectivity index is 1.30. The lowest BCUT2D eigenvalue weighted by atomic mass is 9.93. The summed E-state index contributed by atoms with van der Waals surface area (Å²) in [5.74, 6) is 0.252. The molecule has 1 amide bonds. The summed E-state index contributed by atoms with van der Waals surface area (Å²) in [6.45, 7) is 10.6. The second kappa shape index (κ2) is 13.5. The fourth-order valence-electron chi connectivity index (χ4n) is 5.63. The number of nitrogens with one attached hydrogen (secondary N) is 1. The second-order valence-electron chi connectivity index (χ2n) is 11.8. The summed E-state index contributed by atoms with van der Waals surface area (Å²) in [5.41, 5.74) is 5.98. The van der Waals surface area contributed by atoms with Crippen LogP contribution in [0.5, 0.6) is 5.75 Å². The van der Waals surface area contributed by atoms with E-state index >= 15 is 0 Å². The van der Waals surface area contributed by atoms with Gasteiger partial charge in [-0.1, -0.05) is 37.5 Å². The number of amides is 1.